The molecule has 0 aliphatic heterocycles. The van der Waals surface area contributed by atoms with Gasteiger partial charge in [-0.25, -0.2) is 13.1 Å². The van der Waals surface area contributed by atoms with Crippen molar-refractivity contribution >= 4 is 27.3 Å². The molecule has 0 saturated heterocycles. The van der Waals surface area contributed by atoms with E-state index in [1.165, 1.54) is 24.2 Å². The predicted molar refractivity (Wildman–Crippen MR) is 111 cm³/mol. The molecule has 1 aromatic carbocycles. The largest absolute Gasteiger partial charge is 0.466 e. The Balaban J connectivity index is 1.72. The van der Waals surface area contributed by atoms with E-state index in [0.717, 1.165) is 29.7 Å². The summed E-state index contributed by atoms with van der Waals surface area (Å²) in [6.45, 7) is 2.42. The molecule has 1 N–H and O–H groups in total. The normalized spacial score (nSPS) is 16.2. The highest BCUT2D eigenvalue weighted by Crippen LogP contribution is 2.35. The summed E-state index contributed by atoms with van der Waals surface area (Å²) in [6, 6.07) is 10.4. The van der Waals surface area contributed by atoms with Crippen molar-refractivity contribution in [1.29, 1.82) is 0 Å². The van der Waals surface area contributed by atoms with Gasteiger partial charge in [-0.05, 0) is 48.4 Å². The Labute approximate surface area is 171 Å². The zero-order valence-electron chi connectivity index (χ0n) is 16.1. The van der Waals surface area contributed by atoms with Gasteiger partial charge in [0, 0.05) is 11.4 Å². The van der Waals surface area contributed by atoms with Gasteiger partial charge < -0.3 is 4.74 Å². The standard InChI is InChI=1S/C21H27NO4S2/c1-2-26-21(23)20(14-16-6-3-4-7-16)17-9-11-19(12-10-17)28(24,25)22-15-18-8-5-13-27-18/h5,8-13,16,20,22H,2-4,6-7,14-15H2,1H3. The Bertz CT molecular complexity index is 854. The average Bonchev–Trinajstić information content (AvgIpc) is 3.39. The molecule has 0 spiro atoms. The van der Waals surface area contributed by atoms with E-state index in [4.69, 9.17) is 4.74 Å². The van der Waals surface area contributed by atoms with E-state index in [2.05, 4.69) is 4.72 Å². The Morgan fingerprint density at radius 3 is 2.54 bits per heavy atom. The number of benzene rings is 1. The first-order valence-electron chi connectivity index (χ1n) is 9.78. The summed E-state index contributed by atoms with van der Waals surface area (Å²) in [5.74, 6) is -0.0232. The summed E-state index contributed by atoms with van der Waals surface area (Å²) in [6.07, 6.45) is 5.49. The molecule has 28 heavy (non-hydrogen) atoms. The van der Waals surface area contributed by atoms with Crippen LogP contribution in [0, 0.1) is 5.92 Å². The summed E-state index contributed by atoms with van der Waals surface area (Å²) < 4.78 is 32.9. The molecule has 5 nitrogen and oxygen atoms in total. The van der Waals surface area contributed by atoms with E-state index < -0.39 is 10.0 Å². The summed E-state index contributed by atoms with van der Waals surface area (Å²) in [5.41, 5.74) is 0.822. The molecule has 1 aliphatic rings. The molecule has 0 radical (unpaired) electrons. The van der Waals surface area contributed by atoms with E-state index in [-0.39, 0.29) is 23.3 Å². The lowest BCUT2D eigenvalue weighted by atomic mass is 9.88. The van der Waals surface area contributed by atoms with E-state index in [1.807, 2.05) is 17.5 Å². The smallest absolute Gasteiger partial charge is 0.313 e. The first-order chi connectivity index (χ1) is 13.5. The number of thiophene rings is 1. The maximum Gasteiger partial charge on any atom is 0.313 e. The van der Waals surface area contributed by atoms with E-state index in [9.17, 15) is 13.2 Å². The Morgan fingerprint density at radius 1 is 1.21 bits per heavy atom. The molecule has 7 heteroatoms. The monoisotopic (exact) mass is 421 g/mol. The van der Waals surface area contributed by atoms with Crippen molar-refractivity contribution in [3.63, 3.8) is 0 Å². The maximum atomic E-state index is 12.5. The molecule has 1 aromatic heterocycles. The molecule has 1 fully saturated rings. The summed E-state index contributed by atoms with van der Waals surface area (Å²) in [4.78, 5) is 13.7. The zero-order valence-corrected chi connectivity index (χ0v) is 17.7. The number of sulfonamides is 1. The summed E-state index contributed by atoms with van der Waals surface area (Å²) in [7, 11) is -3.59. The number of carbonyl (C=O) groups is 1. The number of rotatable bonds is 9. The van der Waals surface area contributed by atoms with E-state index in [0.29, 0.717) is 12.5 Å². The third kappa shape index (κ3) is 5.43. The fourth-order valence-corrected chi connectivity index (χ4v) is 5.48. The lowest BCUT2D eigenvalue weighted by Gasteiger charge is -2.20. The number of carbonyl (C=O) groups excluding carboxylic acids is 1. The van der Waals surface area contributed by atoms with Gasteiger partial charge in [-0.3, -0.25) is 4.79 Å². The predicted octanol–water partition coefficient (Wildman–Crippen LogP) is 4.45. The highest BCUT2D eigenvalue weighted by Gasteiger charge is 2.28. The van der Waals surface area contributed by atoms with E-state index >= 15 is 0 Å². The van der Waals surface area contributed by atoms with Gasteiger partial charge in [0.2, 0.25) is 10.0 Å². The fourth-order valence-electron chi connectivity index (χ4n) is 3.73. The van der Waals surface area contributed by atoms with Crippen LogP contribution in [-0.4, -0.2) is 21.0 Å². The molecule has 152 valence electrons. The highest BCUT2D eigenvalue weighted by molar-refractivity contribution is 7.89. The van der Waals surface area contributed by atoms with Crippen LogP contribution in [-0.2, 0) is 26.1 Å². The molecular weight excluding hydrogens is 394 g/mol. The number of hydrogen-bond donors (Lipinski definition) is 1. The SMILES string of the molecule is CCOC(=O)C(CC1CCCC1)c1ccc(S(=O)(=O)NCc2cccs2)cc1. The Morgan fingerprint density at radius 2 is 1.93 bits per heavy atom. The lowest BCUT2D eigenvalue weighted by Crippen LogP contribution is -2.23. The molecule has 1 unspecified atom stereocenters. The van der Waals surface area contributed by atoms with Crippen LogP contribution in [0.2, 0.25) is 0 Å². The average molecular weight is 422 g/mol. The second-order valence-corrected chi connectivity index (χ2v) is 9.96. The first kappa shape index (κ1) is 21.0. The molecule has 2 aromatic rings. The third-order valence-electron chi connectivity index (χ3n) is 5.22. The minimum atomic E-state index is -3.59. The van der Waals surface area contributed by atoms with Crippen molar-refractivity contribution in [3.8, 4) is 0 Å². The van der Waals surface area contributed by atoms with Gasteiger partial charge in [-0.15, -0.1) is 11.3 Å². The van der Waals surface area contributed by atoms with Crippen molar-refractivity contribution < 1.29 is 17.9 Å². The van der Waals surface area contributed by atoms with Crippen LogP contribution in [0.1, 0.15) is 55.4 Å². The van der Waals surface area contributed by atoms with Crippen LogP contribution in [0.4, 0.5) is 0 Å². The second-order valence-electron chi connectivity index (χ2n) is 7.16. The topological polar surface area (TPSA) is 72.5 Å². The molecule has 1 aliphatic carbocycles. The molecule has 1 heterocycles. The van der Waals surface area contributed by atoms with Crippen LogP contribution in [0.3, 0.4) is 0 Å². The summed E-state index contributed by atoms with van der Waals surface area (Å²) in [5, 5.41) is 1.91. The van der Waals surface area contributed by atoms with Gasteiger partial charge in [0.15, 0.2) is 0 Å². The molecule has 0 amide bonds. The number of ether oxygens (including phenoxy) is 1. The minimum Gasteiger partial charge on any atom is -0.466 e. The molecule has 1 atom stereocenters. The van der Waals surface area contributed by atoms with Crippen LogP contribution in [0.15, 0.2) is 46.7 Å². The molecule has 0 bridgehead atoms. The number of esters is 1. The molecule has 3 rings (SSSR count). The van der Waals surface area contributed by atoms with Gasteiger partial charge >= 0.3 is 5.97 Å². The number of nitrogens with one attached hydrogen (secondary N) is 1. The van der Waals surface area contributed by atoms with Gasteiger partial charge in [0.05, 0.1) is 17.4 Å². The minimum absolute atomic E-state index is 0.205. The van der Waals surface area contributed by atoms with Crippen molar-refractivity contribution in [2.24, 2.45) is 5.92 Å². The van der Waals surface area contributed by atoms with Crippen LogP contribution in [0.25, 0.3) is 0 Å². The van der Waals surface area contributed by atoms with Gasteiger partial charge in [0.25, 0.3) is 0 Å². The van der Waals surface area contributed by atoms with Crippen molar-refractivity contribution in [2.45, 2.75) is 56.4 Å². The Hall–Kier alpha value is -1.70. The lowest BCUT2D eigenvalue weighted by molar-refractivity contribution is -0.145. The van der Waals surface area contributed by atoms with Crippen molar-refractivity contribution in [1.82, 2.24) is 4.72 Å². The summed E-state index contributed by atoms with van der Waals surface area (Å²) >= 11 is 1.51. The highest BCUT2D eigenvalue weighted by atomic mass is 32.2. The van der Waals surface area contributed by atoms with Gasteiger partial charge in [-0.2, -0.15) is 0 Å². The quantitative estimate of drug-likeness (QED) is 0.607. The first-order valence-corrected chi connectivity index (χ1v) is 12.1. The van der Waals surface area contributed by atoms with Crippen molar-refractivity contribution in [2.75, 3.05) is 6.61 Å². The molecular formula is C21H27NO4S2. The van der Waals surface area contributed by atoms with Gasteiger partial charge in [-0.1, -0.05) is 43.9 Å². The van der Waals surface area contributed by atoms with Crippen LogP contribution >= 0.6 is 11.3 Å². The second kappa shape index (κ2) is 9.67. The zero-order chi connectivity index (χ0) is 20.0. The maximum absolute atomic E-state index is 12.5. The third-order valence-corrected chi connectivity index (χ3v) is 7.52. The van der Waals surface area contributed by atoms with E-state index in [1.54, 1.807) is 31.2 Å². The van der Waals surface area contributed by atoms with Gasteiger partial charge in [0.1, 0.15) is 0 Å². The Kier molecular flexibility index (Phi) is 7.26. The fraction of sp³-hybridized carbons (Fsp3) is 0.476. The van der Waals surface area contributed by atoms with Crippen LogP contribution in [0.5, 0.6) is 0 Å². The molecule has 1 saturated carbocycles. The van der Waals surface area contributed by atoms with Crippen LogP contribution < -0.4 is 4.72 Å². The number of hydrogen-bond acceptors (Lipinski definition) is 5. The van der Waals surface area contributed by atoms with Crippen molar-refractivity contribution in [3.05, 3.63) is 52.2 Å².